The van der Waals surface area contributed by atoms with Crippen LogP contribution in [0.2, 0.25) is 0 Å². The van der Waals surface area contributed by atoms with Gasteiger partial charge in [-0.2, -0.15) is 0 Å². The Morgan fingerprint density at radius 3 is 2.54 bits per heavy atom. The molecule has 0 radical (unpaired) electrons. The van der Waals surface area contributed by atoms with Gasteiger partial charge in [-0.3, -0.25) is 9.69 Å². The first-order valence-electron chi connectivity index (χ1n) is 8.54. The lowest BCUT2D eigenvalue weighted by Crippen LogP contribution is -2.59. The third-order valence-corrected chi connectivity index (χ3v) is 7.03. The summed E-state index contributed by atoms with van der Waals surface area (Å²) in [5.41, 5.74) is 0.963. The van der Waals surface area contributed by atoms with Crippen molar-refractivity contribution in [3.8, 4) is 11.4 Å². The van der Waals surface area contributed by atoms with E-state index in [4.69, 9.17) is 0 Å². The van der Waals surface area contributed by atoms with Crippen molar-refractivity contribution >= 4 is 15.7 Å². The number of rotatable bonds is 2. The molecule has 4 rings (SSSR count). The molecule has 3 heterocycles. The largest absolute Gasteiger partial charge is 0.507 e. The molecule has 1 aromatic carbocycles. The molecular formula is C18H21N3O4S. The van der Waals surface area contributed by atoms with Crippen LogP contribution in [0.5, 0.6) is 5.75 Å². The van der Waals surface area contributed by atoms with E-state index in [1.165, 1.54) is 6.07 Å². The van der Waals surface area contributed by atoms with E-state index < -0.39 is 9.84 Å². The number of nitrogens with zero attached hydrogens (tertiary/aromatic N) is 3. The number of amides is 1. The van der Waals surface area contributed by atoms with Crippen LogP contribution < -0.4 is 0 Å². The molecule has 0 bridgehead atoms. The highest BCUT2D eigenvalue weighted by Crippen LogP contribution is 2.30. The third-order valence-electron chi connectivity index (χ3n) is 5.33. The van der Waals surface area contributed by atoms with Crippen molar-refractivity contribution in [3.05, 3.63) is 48.3 Å². The summed E-state index contributed by atoms with van der Waals surface area (Å²) in [7, 11) is -1.27. The normalized spacial score (nSPS) is 25.2. The quantitative estimate of drug-likeness (QED) is 0.837. The molecule has 2 aromatic rings. The fraction of sp³-hybridized carbons (Fsp3) is 0.389. The first-order valence-corrected chi connectivity index (χ1v) is 10.4. The van der Waals surface area contributed by atoms with Crippen LogP contribution >= 0.6 is 0 Å². The van der Waals surface area contributed by atoms with E-state index in [-0.39, 0.29) is 40.8 Å². The van der Waals surface area contributed by atoms with E-state index in [0.717, 1.165) is 5.69 Å². The van der Waals surface area contributed by atoms with Gasteiger partial charge in [0.05, 0.1) is 23.1 Å². The van der Waals surface area contributed by atoms with Gasteiger partial charge < -0.3 is 14.6 Å². The number of likely N-dealkylation sites (N-methyl/N-ethyl adjacent to an activating group) is 1. The molecule has 7 nitrogen and oxygen atoms in total. The number of benzene rings is 1. The smallest absolute Gasteiger partial charge is 0.258 e. The van der Waals surface area contributed by atoms with Crippen molar-refractivity contribution < 1.29 is 18.3 Å². The zero-order valence-corrected chi connectivity index (χ0v) is 15.3. The van der Waals surface area contributed by atoms with Gasteiger partial charge in [0.25, 0.3) is 5.91 Å². The number of phenols is 1. The van der Waals surface area contributed by atoms with Crippen LogP contribution in [0.4, 0.5) is 0 Å². The van der Waals surface area contributed by atoms with Gasteiger partial charge in [0.1, 0.15) is 5.75 Å². The van der Waals surface area contributed by atoms with Gasteiger partial charge in [-0.05, 0) is 37.4 Å². The summed E-state index contributed by atoms with van der Waals surface area (Å²) in [5.74, 6) is -0.363. The maximum Gasteiger partial charge on any atom is 0.258 e. The molecule has 26 heavy (non-hydrogen) atoms. The molecule has 1 aromatic heterocycles. The summed E-state index contributed by atoms with van der Waals surface area (Å²) in [6.07, 6.45) is 3.71. The number of aromatic nitrogens is 1. The minimum absolute atomic E-state index is 0.0220. The van der Waals surface area contributed by atoms with Crippen LogP contribution in [0.1, 0.15) is 10.4 Å². The van der Waals surface area contributed by atoms with Crippen LogP contribution in [0.15, 0.2) is 42.7 Å². The van der Waals surface area contributed by atoms with Crippen LogP contribution in [0, 0.1) is 0 Å². The lowest BCUT2D eigenvalue weighted by molar-refractivity contribution is 0.0407. The lowest BCUT2D eigenvalue weighted by atomic mass is 10.0. The second-order valence-electron chi connectivity index (χ2n) is 6.98. The number of carbonyl (C=O) groups is 1. The summed E-state index contributed by atoms with van der Waals surface area (Å²) in [5, 5.41) is 10.2. The predicted octanol–water partition coefficient (Wildman–Crippen LogP) is 0.736. The van der Waals surface area contributed by atoms with Crippen molar-refractivity contribution in [2.24, 2.45) is 0 Å². The average Bonchev–Trinajstić information content (AvgIpc) is 3.22. The molecule has 2 aliphatic rings. The standard InChI is InChI=1S/C18H21N3O4S/c1-19-8-9-21(16-12-26(24,25)11-15(16)19)18(23)14-10-13(4-5-17(14)22)20-6-2-3-7-20/h2-7,10,15-16,22H,8-9,11-12H2,1H3/t15-,16+/m1/s1. The second-order valence-corrected chi connectivity index (χ2v) is 9.14. The van der Waals surface area contributed by atoms with E-state index in [1.807, 2.05) is 41.0 Å². The number of carbonyl (C=O) groups excluding carboxylic acids is 1. The van der Waals surface area contributed by atoms with Gasteiger partial charge in [0.15, 0.2) is 9.84 Å². The van der Waals surface area contributed by atoms with Gasteiger partial charge in [-0.1, -0.05) is 0 Å². The highest BCUT2D eigenvalue weighted by molar-refractivity contribution is 7.91. The number of sulfone groups is 1. The van der Waals surface area contributed by atoms with Crippen LogP contribution in [0.25, 0.3) is 5.69 Å². The van der Waals surface area contributed by atoms with E-state index in [0.29, 0.717) is 13.1 Å². The molecule has 2 fully saturated rings. The highest BCUT2D eigenvalue weighted by atomic mass is 32.2. The first kappa shape index (κ1) is 17.1. The monoisotopic (exact) mass is 375 g/mol. The minimum atomic E-state index is -3.17. The van der Waals surface area contributed by atoms with Crippen LogP contribution in [-0.4, -0.2) is 77.5 Å². The molecule has 138 valence electrons. The molecule has 0 aliphatic carbocycles. The Bertz CT molecular complexity index is 939. The van der Waals surface area contributed by atoms with Crippen molar-refractivity contribution in [2.75, 3.05) is 31.6 Å². The zero-order valence-electron chi connectivity index (χ0n) is 14.4. The molecule has 0 spiro atoms. The number of fused-ring (bicyclic) bond motifs is 1. The summed E-state index contributed by atoms with van der Waals surface area (Å²) in [4.78, 5) is 16.8. The molecule has 0 unspecified atom stereocenters. The molecule has 8 heteroatoms. The fourth-order valence-corrected chi connectivity index (χ4v) is 5.95. The Labute approximate surface area is 152 Å². The first-order chi connectivity index (χ1) is 12.4. The Hall–Kier alpha value is -2.32. The Kier molecular flexibility index (Phi) is 4.04. The van der Waals surface area contributed by atoms with E-state index in [1.54, 1.807) is 17.0 Å². The molecule has 1 N–H and O–H groups in total. The van der Waals surface area contributed by atoms with E-state index >= 15 is 0 Å². The number of hydrogen-bond acceptors (Lipinski definition) is 5. The van der Waals surface area contributed by atoms with Gasteiger partial charge in [-0.25, -0.2) is 8.42 Å². The van der Waals surface area contributed by atoms with Gasteiger partial charge >= 0.3 is 0 Å². The van der Waals surface area contributed by atoms with Crippen molar-refractivity contribution in [2.45, 2.75) is 12.1 Å². The maximum absolute atomic E-state index is 13.1. The number of hydrogen-bond donors (Lipinski definition) is 1. The van der Waals surface area contributed by atoms with Crippen LogP contribution in [0.3, 0.4) is 0 Å². The van der Waals surface area contributed by atoms with Gasteiger partial charge in [0, 0.05) is 37.2 Å². The van der Waals surface area contributed by atoms with Crippen LogP contribution in [-0.2, 0) is 9.84 Å². The summed E-state index contributed by atoms with van der Waals surface area (Å²) in [6, 6.07) is 8.08. The van der Waals surface area contributed by atoms with Crippen molar-refractivity contribution in [1.29, 1.82) is 0 Å². The van der Waals surface area contributed by atoms with E-state index in [9.17, 15) is 18.3 Å². The summed E-state index contributed by atoms with van der Waals surface area (Å²) in [6.45, 7) is 1.06. The highest BCUT2D eigenvalue weighted by Gasteiger charge is 2.47. The third kappa shape index (κ3) is 2.89. The SMILES string of the molecule is CN1CCN(C(=O)c2cc(-n3cccc3)ccc2O)[C@H]2CS(=O)(=O)C[C@H]21. The predicted molar refractivity (Wildman–Crippen MR) is 97.3 cm³/mol. The molecular weight excluding hydrogens is 354 g/mol. The Balaban J connectivity index is 1.68. The summed E-state index contributed by atoms with van der Waals surface area (Å²) >= 11 is 0. The fourth-order valence-electron chi connectivity index (χ4n) is 3.90. The van der Waals surface area contributed by atoms with Gasteiger partial charge in [-0.15, -0.1) is 0 Å². The topological polar surface area (TPSA) is 82.8 Å². The minimum Gasteiger partial charge on any atom is -0.507 e. The Morgan fingerprint density at radius 2 is 1.81 bits per heavy atom. The molecule has 2 aliphatic heterocycles. The van der Waals surface area contributed by atoms with Crippen molar-refractivity contribution in [1.82, 2.24) is 14.4 Å². The number of aromatic hydroxyl groups is 1. The van der Waals surface area contributed by atoms with Crippen molar-refractivity contribution in [3.63, 3.8) is 0 Å². The lowest BCUT2D eigenvalue weighted by Gasteiger charge is -2.42. The maximum atomic E-state index is 13.1. The molecule has 2 atom stereocenters. The molecule has 2 saturated heterocycles. The Morgan fingerprint density at radius 1 is 1.12 bits per heavy atom. The number of phenolic OH excluding ortho intramolecular Hbond substituents is 1. The number of piperazine rings is 1. The average molecular weight is 375 g/mol. The molecule has 1 amide bonds. The molecule has 0 saturated carbocycles. The van der Waals surface area contributed by atoms with E-state index in [2.05, 4.69) is 0 Å². The second kappa shape index (κ2) is 6.14. The zero-order chi connectivity index (χ0) is 18.5. The summed E-state index contributed by atoms with van der Waals surface area (Å²) < 4.78 is 26.1. The van der Waals surface area contributed by atoms with Gasteiger partial charge in [0.2, 0.25) is 0 Å².